The van der Waals surface area contributed by atoms with Crippen molar-refractivity contribution in [3.05, 3.63) is 0 Å². The molecule has 1 aliphatic heterocycles. The summed E-state index contributed by atoms with van der Waals surface area (Å²) in [6.45, 7) is 5.39. The van der Waals surface area contributed by atoms with Gasteiger partial charge in [0.2, 0.25) is 0 Å². The minimum absolute atomic E-state index is 0.0724. The third-order valence-corrected chi connectivity index (χ3v) is 7.54. The minimum atomic E-state index is -0.265. The molecule has 0 aromatic heterocycles. The molecule has 3 heteroatoms. The van der Waals surface area contributed by atoms with Gasteiger partial charge >= 0.3 is 0 Å². The van der Waals surface area contributed by atoms with E-state index in [1.807, 2.05) is 0 Å². The Hall–Kier alpha value is -0.410. The molecule has 4 fully saturated rings. The maximum Gasteiger partial charge on any atom is 0.157 e. The number of rotatable bonds is 2. The molecule has 4 aliphatic rings. The second-order valence-corrected chi connectivity index (χ2v) is 8.26. The lowest BCUT2D eigenvalue weighted by Gasteiger charge is -2.44. The fraction of sp³-hybridized carbons (Fsp3) is 0.944. The Bertz CT molecular complexity index is 455. The van der Waals surface area contributed by atoms with Crippen molar-refractivity contribution in [2.75, 3.05) is 6.61 Å². The molecule has 21 heavy (non-hydrogen) atoms. The molecule has 1 spiro atoms. The summed E-state index contributed by atoms with van der Waals surface area (Å²) in [6.07, 6.45) is 10.0. The molecule has 3 nitrogen and oxygen atoms in total. The molecule has 3 saturated carbocycles. The maximum atomic E-state index is 12.9. The zero-order valence-electron chi connectivity index (χ0n) is 13.5. The summed E-state index contributed by atoms with van der Waals surface area (Å²) in [7, 11) is 0. The third kappa shape index (κ3) is 1.65. The SMILES string of the molecule is C[C@@]12CCC[C@]13CC[C@H](O[C@H]1CCCCO1)[C@@]3(C)C(=O)C2. The Morgan fingerprint density at radius 3 is 2.71 bits per heavy atom. The molecular weight excluding hydrogens is 264 g/mol. The standard InChI is InChI=1S/C18H28O3/c1-16-8-5-9-18(16)10-7-14(17(18,2)13(19)12-16)21-15-6-3-4-11-20-15/h14-15H,3-12H2,1-2H3/t14-,15-,16-,17+,18-/m0/s1. The fourth-order valence-corrected chi connectivity index (χ4v) is 6.32. The second kappa shape index (κ2) is 4.55. The molecule has 5 atom stereocenters. The van der Waals surface area contributed by atoms with Gasteiger partial charge in [-0.1, -0.05) is 13.3 Å². The minimum Gasteiger partial charge on any atom is -0.353 e. The molecule has 118 valence electrons. The first-order valence-corrected chi connectivity index (χ1v) is 8.82. The van der Waals surface area contributed by atoms with Gasteiger partial charge in [0, 0.05) is 13.0 Å². The number of carbonyl (C=O) groups is 1. The monoisotopic (exact) mass is 292 g/mol. The molecule has 3 aliphatic carbocycles. The van der Waals surface area contributed by atoms with Crippen LogP contribution in [0.2, 0.25) is 0 Å². The van der Waals surface area contributed by atoms with E-state index in [2.05, 4.69) is 13.8 Å². The number of hydrogen-bond acceptors (Lipinski definition) is 3. The lowest BCUT2D eigenvalue weighted by Crippen LogP contribution is -2.46. The lowest BCUT2D eigenvalue weighted by atomic mass is 9.60. The highest BCUT2D eigenvalue weighted by Crippen LogP contribution is 2.75. The van der Waals surface area contributed by atoms with Crippen LogP contribution in [0.15, 0.2) is 0 Å². The first kappa shape index (κ1) is 14.2. The summed E-state index contributed by atoms with van der Waals surface area (Å²) in [6, 6.07) is 0. The summed E-state index contributed by atoms with van der Waals surface area (Å²) in [5.74, 6) is 0.461. The van der Waals surface area contributed by atoms with Crippen LogP contribution in [0.4, 0.5) is 0 Å². The van der Waals surface area contributed by atoms with Crippen LogP contribution in [-0.2, 0) is 14.3 Å². The van der Waals surface area contributed by atoms with E-state index >= 15 is 0 Å². The first-order chi connectivity index (χ1) is 10.0. The average Bonchev–Trinajstić information content (AvgIpc) is 2.99. The smallest absolute Gasteiger partial charge is 0.157 e. The molecule has 4 rings (SSSR count). The van der Waals surface area contributed by atoms with Crippen LogP contribution in [0.5, 0.6) is 0 Å². The predicted octanol–water partition coefficient (Wildman–Crippen LogP) is 3.85. The molecule has 0 N–H and O–H groups in total. The topological polar surface area (TPSA) is 35.5 Å². The Labute approximate surface area is 127 Å². The summed E-state index contributed by atoms with van der Waals surface area (Å²) in [5, 5.41) is 0. The van der Waals surface area contributed by atoms with Crippen LogP contribution in [0, 0.1) is 16.2 Å². The van der Waals surface area contributed by atoms with E-state index < -0.39 is 0 Å². The van der Waals surface area contributed by atoms with Crippen LogP contribution in [0.25, 0.3) is 0 Å². The second-order valence-electron chi connectivity index (χ2n) is 8.26. The van der Waals surface area contributed by atoms with E-state index in [1.165, 1.54) is 32.1 Å². The van der Waals surface area contributed by atoms with Gasteiger partial charge in [0.05, 0.1) is 11.5 Å². The molecule has 0 aromatic rings. The van der Waals surface area contributed by atoms with Crippen molar-refractivity contribution in [2.24, 2.45) is 16.2 Å². The fourth-order valence-electron chi connectivity index (χ4n) is 6.32. The highest BCUT2D eigenvalue weighted by molar-refractivity contribution is 5.90. The average molecular weight is 292 g/mol. The Balaban J connectivity index is 1.62. The number of carbonyl (C=O) groups excluding carboxylic acids is 1. The van der Waals surface area contributed by atoms with Gasteiger partial charge in [0.25, 0.3) is 0 Å². The molecule has 0 unspecified atom stereocenters. The lowest BCUT2D eigenvalue weighted by molar-refractivity contribution is -0.210. The van der Waals surface area contributed by atoms with Crippen molar-refractivity contribution in [3.8, 4) is 0 Å². The van der Waals surface area contributed by atoms with E-state index in [0.717, 1.165) is 32.3 Å². The largest absolute Gasteiger partial charge is 0.353 e. The first-order valence-electron chi connectivity index (χ1n) is 8.82. The van der Waals surface area contributed by atoms with Gasteiger partial charge in [-0.05, 0) is 62.7 Å². The third-order valence-electron chi connectivity index (χ3n) is 7.54. The van der Waals surface area contributed by atoms with Gasteiger partial charge in [0.15, 0.2) is 6.29 Å². The number of ketones is 1. The summed E-state index contributed by atoms with van der Waals surface area (Å²) in [4.78, 5) is 12.9. The van der Waals surface area contributed by atoms with E-state index in [1.54, 1.807) is 0 Å². The van der Waals surface area contributed by atoms with Gasteiger partial charge in [-0.2, -0.15) is 0 Å². The number of ether oxygens (including phenoxy) is 2. The van der Waals surface area contributed by atoms with E-state index in [4.69, 9.17) is 9.47 Å². The molecule has 1 saturated heterocycles. The zero-order chi connectivity index (χ0) is 14.7. The van der Waals surface area contributed by atoms with Gasteiger partial charge in [-0.25, -0.2) is 0 Å². The Morgan fingerprint density at radius 2 is 1.95 bits per heavy atom. The van der Waals surface area contributed by atoms with E-state index in [-0.39, 0.29) is 28.6 Å². The normalized spacial score (nSPS) is 53.0. The van der Waals surface area contributed by atoms with Gasteiger partial charge in [-0.15, -0.1) is 0 Å². The summed E-state index contributed by atoms with van der Waals surface area (Å²) >= 11 is 0. The van der Waals surface area contributed by atoms with Crippen molar-refractivity contribution in [1.82, 2.24) is 0 Å². The molecule has 0 amide bonds. The molecular formula is C18H28O3. The summed E-state index contributed by atoms with van der Waals surface area (Å²) < 4.78 is 12.1. The van der Waals surface area contributed by atoms with Crippen LogP contribution in [-0.4, -0.2) is 24.8 Å². The van der Waals surface area contributed by atoms with Crippen molar-refractivity contribution in [2.45, 2.75) is 84.0 Å². The quantitative estimate of drug-likeness (QED) is 0.775. The highest BCUT2D eigenvalue weighted by Gasteiger charge is 2.74. The van der Waals surface area contributed by atoms with Crippen LogP contribution in [0.1, 0.15) is 71.6 Å². The van der Waals surface area contributed by atoms with Crippen molar-refractivity contribution in [1.29, 1.82) is 0 Å². The molecule has 0 radical (unpaired) electrons. The van der Waals surface area contributed by atoms with Crippen molar-refractivity contribution in [3.63, 3.8) is 0 Å². The van der Waals surface area contributed by atoms with Crippen molar-refractivity contribution >= 4 is 5.78 Å². The van der Waals surface area contributed by atoms with E-state index in [0.29, 0.717) is 5.78 Å². The van der Waals surface area contributed by atoms with Crippen molar-refractivity contribution < 1.29 is 14.3 Å². The molecule has 0 bridgehead atoms. The molecule has 0 aromatic carbocycles. The number of hydrogen-bond donors (Lipinski definition) is 0. The van der Waals surface area contributed by atoms with Crippen LogP contribution < -0.4 is 0 Å². The van der Waals surface area contributed by atoms with Crippen LogP contribution >= 0.6 is 0 Å². The maximum absolute atomic E-state index is 12.9. The van der Waals surface area contributed by atoms with Gasteiger partial charge < -0.3 is 9.47 Å². The van der Waals surface area contributed by atoms with Gasteiger partial charge in [0.1, 0.15) is 5.78 Å². The zero-order valence-corrected chi connectivity index (χ0v) is 13.5. The molecule has 1 heterocycles. The summed E-state index contributed by atoms with van der Waals surface area (Å²) in [5.41, 5.74) is 0.167. The van der Waals surface area contributed by atoms with E-state index in [9.17, 15) is 4.79 Å². The Kier molecular flexibility index (Phi) is 3.07. The Morgan fingerprint density at radius 1 is 1.10 bits per heavy atom. The highest BCUT2D eigenvalue weighted by atomic mass is 16.7. The number of Topliss-reactive ketones (excluding diaryl/α,β-unsaturated/α-hetero) is 1. The predicted molar refractivity (Wildman–Crippen MR) is 79.8 cm³/mol. The van der Waals surface area contributed by atoms with Gasteiger partial charge in [-0.3, -0.25) is 4.79 Å². The van der Waals surface area contributed by atoms with Crippen LogP contribution in [0.3, 0.4) is 0 Å².